The fourth-order valence-corrected chi connectivity index (χ4v) is 6.30. The fraction of sp³-hybridized carbons (Fsp3) is 0.611. The maximum absolute atomic E-state index is 12.8. The van der Waals surface area contributed by atoms with E-state index >= 15 is 0 Å². The molecule has 0 aromatic carbocycles. The molecule has 2 aliphatic carbocycles. The Kier molecular flexibility index (Phi) is 3.91. The molecule has 148 valence electrons. The van der Waals surface area contributed by atoms with E-state index in [2.05, 4.69) is 30.6 Å². The zero-order valence-corrected chi connectivity index (χ0v) is 16.5. The summed E-state index contributed by atoms with van der Waals surface area (Å²) < 4.78 is 29.8. The van der Waals surface area contributed by atoms with Crippen molar-refractivity contribution in [2.24, 2.45) is 11.3 Å². The van der Waals surface area contributed by atoms with Gasteiger partial charge in [0.15, 0.2) is 0 Å². The van der Waals surface area contributed by atoms with Gasteiger partial charge in [-0.05, 0) is 37.7 Å². The Bertz CT molecular complexity index is 1060. The van der Waals surface area contributed by atoms with E-state index in [9.17, 15) is 13.7 Å². The number of nitriles is 1. The molecule has 3 heterocycles. The smallest absolute Gasteiger partial charge is 0.279 e. The molecule has 5 rings (SSSR count). The van der Waals surface area contributed by atoms with Crippen LogP contribution in [0.2, 0.25) is 0 Å². The monoisotopic (exact) mass is 401 g/mol. The maximum atomic E-state index is 12.8. The van der Waals surface area contributed by atoms with Gasteiger partial charge in [-0.2, -0.15) is 22.7 Å². The van der Waals surface area contributed by atoms with Crippen molar-refractivity contribution < 1.29 is 8.42 Å². The average Bonchev–Trinajstić information content (AvgIpc) is 3.20. The zero-order valence-electron chi connectivity index (χ0n) is 15.7. The Labute approximate surface area is 163 Å². The molecule has 28 heavy (non-hydrogen) atoms. The highest BCUT2D eigenvalue weighted by atomic mass is 32.2. The van der Waals surface area contributed by atoms with Gasteiger partial charge < -0.3 is 9.88 Å². The van der Waals surface area contributed by atoms with Crippen LogP contribution in [0.25, 0.3) is 11.0 Å². The molecule has 2 saturated carbocycles. The van der Waals surface area contributed by atoms with Crippen molar-refractivity contribution in [1.29, 1.82) is 5.26 Å². The lowest BCUT2D eigenvalue weighted by Crippen LogP contribution is -2.55. The third-order valence-corrected chi connectivity index (χ3v) is 8.40. The Balaban J connectivity index is 1.22. The molecule has 0 radical (unpaired) electrons. The zero-order chi connectivity index (χ0) is 19.5. The molecule has 0 amide bonds. The van der Waals surface area contributed by atoms with Crippen LogP contribution in [0.1, 0.15) is 25.7 Å². The van der Waals surface area contributed by atoms with Gasteiger partial charge in [0.1, 0.15) is 17.8 Å². The van der Waals surface area contributed by atoms with Gasteiger partial charge in [0.25, 0.3) is 10.2 Å². The molecule has 0 spiro atoms. The minimum atomic E-state index is -3.55. The van der Waals surface area contributed by atoms with Gasteiger partial charge in [0, 0.05) is 38.4 Å². The van der Waals surface area contributed by atoms with E-state index in [1.165, 1.54) is 10.6 Å². The van der Waals surface area contributed by atoms with Gasteiger partial charge in [-0.3, -0.25) is 0 Å². The van der Waals surface area contributed by atoms with Gasteiger partial charge in [-0.25, -0.2) is 9.97 Å². The summed E-state index contributed by atoms with van der Waals surface area (Å²) >= 11 is 0. The summed E-state index contributed by atoms with van der Waals surface area (Å²) in [6.07, 6.45) is 6.59. The molecule has 2 N–H and O–H groups in total. The molecule has 9 nitrogen and oxygen atoms in total. The van der Waals surface area contributed by atoms with Crippen molar-refractivity contribution in [1.82, 2.24) is 24.0 Å². The Morgan fingerprint density at radius 3 is 2.93 bits per heavy atom. The topological polar surface area (TPSA) is 118 Å². The summed E-state index contributed by atoms with van der Waals surface area (Å²) in [7, 11) is -1.57. The molecule has 0 unspecified atom stereocenters. The highest BCUT2D eigenvalue weighted by Crippen LogP contribution is 2.52. The minimum absolute atomic E-state index is 0.0858. The van der Waals surface area contributed by atoms with E-state index in [0.717, 1.165) is 42.5 Å². The standard InChI is InChI=1S/C18H23N7O2S/c1-24(17-15-3-5-20-16(15)21-11-22-17)14-6-13(7-14)23-28(26,27)25-8-12-2-4-18(12,9-19)10-25/h3,5,11-14,23H,2,4,6-8,10H2,1H3,(H,20,21,22)/t12-,13-,14+,18-/m1/s1. The van der Waals surface area contributed by atoms with Gasteiger partial charge in [-0.15, -0.1) is 0 Å². The quantitative estimate of drug-likeness (QED) is 0.772. The lowest BCUT2D eigenvalue weighted by Gasteiger charge is -2.42. The third kappa shape index (κ3) is 2.61. The van der Waals surface area contributed by atoms with E-state index in [-0.39, 0.29) is 18.0 Å². The van der Waals surface area contributed by atoms with Crippen LogP contribution in [0.4, 0.5) is 5.82 Å². The van der Waals surface area contributed by atoms with E-state index in [1.54, 1.807) is 0 Å². The first-order chi connectivity index (χ1) is 13.4. The van der Waals surface area contributed by atoms with Crippen molar-refractivity contribution in [2.45, 2.75) is 37.8 Å². The highest BCUT2D eigenvalue weighted by molar-refractivity contribution is 7.87. The van der Waals surface area contributed by atoms with Crippen molar-refractivity contribution in [2.75, 3.05) is 25.0 Å². The Hall–Kier alpha value is -2.22. The van der Waals surface area contributed by atoms with Crippen molar-refractivity contribution >= 4 is 27.1 Å². The highest BCUT2D eigenvalue weighted by Gasteiger charge is 2.56. The number of hydrogen-bond donors (Lipinski definition) is 2. The molecule has 2 atom stereocenters. The predicted molar refractivity (Wildman–Crippen MR) is 104 cm³/mol. The third-order valence-electron chi connectivity index (χ3n) is 6.81. The second-order valence-corrected chi connectivity index (χ2v) is 9.99. The lowest BCUT2D eigenvalue weighted by molar-refractivity contribution is 0.156. The summed E-state index contributed by atoms with van der Waals surface area (Å²) in [5, 5.41) is 10.4. The largest absolute Gasteiger partial charge is 0.356 e. The van der Waals surface area contributed by atoms with E-state index in [4.69, 9.17) is 0 Å². The number of H-pyrrole nitrogens is 1. The second kappa shape index (κ2) is 6.14. The summed E-state index contributed by atoms with van der Waals surface area (Å²) in [4.78, 5) is 13.8. The summed E-state index contributed by atoms with van der Waals surface area (Å²) in [5.41, 5.74) is 0.343. The molecule has 1 saturated heterocycles. The lowest BCUT2D eigenvalue weighted by atomic mass is 9.63. The molecule has 0 bridgehead atoms. The molecule has 3 fully saturated rings. The van der Waals surface area contributed by atoms with Crippen LogP contribution in [0.3, 0.4) is 0 Å². The predicted octanol–water partition coefficient (Wildman–Crippen LogP) is 0.995. The number of anilines is 1. The van der Waals surface area contributed by atoms with Crippen molar-refractivity contribution in [3.8, 4) is 6.07 Å². The van der Waals surface area contributed by atoms with Gasteiger partial charge in [0.2, 0.25) is 0 Å². The number of nitrogens with zero attached hydrogens (tertiary/aromatic N) is 5. The van der Waals surface area contributed by atoms with E-state index in [1.807, 2.05) is 19.3 Å². The number of fused-ring (bicyclic) bond motifs is 2. The molecule has 10 heteroatoms. The second-order valence-electron chi connectivity index (χ2n) is 8.29. The number of nitrogens with one attached hydrogen (secondary N) is 2. The normalized spacial score (nSPS) is 32.4. The number of aromatic nitrogens is 3. The maximum Gasteiger partial charge on any atom is 0.279 e. The SMILES string of the molecule is CN(c1ncnc2[nH]ccc12)[C@H]1C[C@@H](NS(=O)(=O)N2C[C@H]3CC[C@@]3(C#N)C2)C1. The molecule has 3 aliphatic rings. The molecule has 2 aromatic heterocycles. The van der Waals surface area contributed by atoms with Gasteiger partial charge in [-0.1, -0.05) is 0 Å². The summed E-state index contributed by atoms with van der Waals surface area (Å²) in [6, 6.07) is 4.45. The van der Waals surface area contributed by atoms with Crippen LogP contribution >= 0.6 is 0 Å². The molecular formula is C18H23N7O2S. The van der Waals surface area contributed by atoms with Crippen LogP contribution < -0.4 is 9.62 Å². The number of aromatic amines is 1. The minimum Gasteiger partial charge on any atom is -0.356 e. The van der Waals surface area contributed by atoms with Crippen LogP contribution in [-0.2, 0) is 10.2 Å². The summed E-state index contributed by atoms with van der Waals surface area (Å²) in [5.74, 6) is 1.04. The Morgan fingerprint density at radius 2 is 2.25 bits per heavy atom. The first-order valence-electron chi connectivity index (χ1n) is 9.61. The molecular weight excluding hydrogens is 378 g/mol. The Morgan fingerprint density at radius 1 is 1.43 bits per heavy atom. The average molecular weight is 401 g/mol. The fourth-order valence-electron chi connectivity index (χ4n) is 4.76. The van der Waals surface area contributed by atoms with Crippen LogP contribution in [0.15, 0.2) is 18.6 Å². The first-order valence-corrected chi connectivity index (χ1v) is 11.1. The molecule has 1 aliphatic heterocycles. The van der Waals surface area contributed by atoms with E-state index in [0.29, 0.717) is 13.1 Å². The van der Waals surface area contributed by atoms with Crippen molar-refractivity contribution in [3.05, 3.63) is 18.6 Å². The number of hydrogen-bond acceptors (Lipinski definition) is 6. The van der Waals surface area contributed by atoms with Crippen LogP contribution in [0, 0.1) is 22.7 Å². The van der Waals surface area contributed by atoms with Crippen LogP contribution in [-0.4, -0.2) is 59.9 Å². The first kappa shape index (κ1) is 17.8. The molecule has 2 aromatic rings. The van der Waals surface area contributed by atoms with E-state index < -0.39 is 15.6 Å². The van der Waals surface area contributed by atoms with Crippen molar-refractivity contribution in [3.63, 3.8) is 0 Å². The summed E-state index contributed by atoms with van der Waals surface area (Å²) in [6.45, 7) is 0.789. The number of rotatable bonds is 5. The van der Waals surface area contributed by atoms with Crippen LogP contribution in [0.5, 0.6) is 0 Å². The van der Waals surface area contributed by atoms with Gasteiger partial charge in [0.05, 0.1) is 16.9 Å². The van der Waals surface area contributed by atoms with Gasteiger partial charge >= 0.3 is 0 Å².